The van der Waals surface area contributed by atoms with Gasteiger partial charge in [-0.25, -0.2) is 4.98 Å². The van der Waals surface area contributed by atoms with Crippen molar-refractivity contribution in [2.45, 2.75) is 12.8 Å². The Morgan fingerprint density at radius 3 is 2.90 bits per heavy atom. The number of pyridine rings is 1. The average Bonchev–Trinajstić information content (AvgIpc) is 2.89. The summed E-state index contributed by atoms with van der Waals surface area (Å²) in [6, 6.07) is 13.7. The van der Waals surface area contributed by atoms with Crippen molar-refractivity contribution in [3.05, 3.63) is 65.1 Å². The van der Waals surface area contributed by atoms with Crippen LogP contribution in [0.3, 0.4) is 0 Å². The zero-order valence-corrected chi connectivity index (χ0v) is 11.6. The molecule has 2 heterocycles. The highest BCUT2D eigenvalue weighted by atomic mass is 35.5. The van der Waals surface area contributed by atoms with Gasteiger partial charge in [0.25, 0.3) is 0 Å². The van der Waals surface area contributed by atoms with Gasteiger partial charge in [-0.3, -0.25) is 0 Å². The van der Waals surface area contributed by atoms with Crippen LogP contribution in [0.5, 0.6) is 0 Å². The van der Waals surface area contributed by atoms with E-state index < -0.39 is 0 Å². The van der Waals surface area contributed by atoms with E-state index in [9.17, 15) is 0 Å². The van der Waals surface area contributed by atoms with E-state index in [1.54, 1.807) is 6.20 Å². The molecular weight excluding hydrogens is 268 g/mol. The van der Waals surface area contributed by atoms with E-state index in [0.29, 0.717) is 0 Å². The minimum absolute atomic E-state index is 0.782. The first-order valence-corrected chi connectivity index (χ1v) is 6.87. The Bertz CT molecular complexity index is 779. The van der Waals surface area contributed by atoms with Crippen molar-refractivity contribution in [1.29, 1.82) is 0 Å². The summed E-state index contributed by atoms with van der Waals surface area (Å²) in [6.45, 7) is 0. The van der Waals surface area contributed by atoms with E-state index >= 15 is 0 Å². The fourth-order valence-corrected chi connectivity index (χ4v) is 2.33. The number of fused-ring (bicyclic) bond motifs is 1. The molecule has 0 atom stereocenters. The van der Waals surface area contributed by atoms with Crippen LogP contribution in [-0.2, 0) is 6.42 Å². The number of hydrogen-bond acceptors (Lipinski definition) is 1. The number of H-pyrrole nitrogens is 1. The summed E-state index contributed by atoms with van der Waals surface area (Å²) >= 11 is 6.16. The molecule has 0 aliphatic heterocycles. The number of halogens is 1. The fraction of sp³-hybridized carbons (Fsp3) is 0.118. The predicted octanol–water partition coefficient (Wildman–Crippen LogP) is 4.20. The molecule has 0 aliphatic carbocycles. The lowest BCUT2D eigenvalue weighted by Crippen LogP contribution is -1.83. The van der Waals surface area contributed by atoms with Gasteiger partial charge in [0.1, 0.15) is 5.69 Å². The van der Waals surface area contributed by atoms with Gasteiger partial charge in [0.2, 0.25) is 0 Å². The first kappa shape index (κ1) is 12.8. The summed E-state index contributed by atoms with van der Waals surface area (Å²) in [4.78, 5) is 7.54. The summed E-state index contributed by atoms with van der Waals surface area (Å²) in [7, 11) is 0. The standard InChI is InChI=1S/C17H13ClN2/c18-16-9-5-10-17-15(16)12-14(20-17)8-2-1-6-13-7-3-4-11-19-13/h3-5,7,9-12,20H,2,8H2. The quantitative estimate of drug-likeness (QED) is 0.700. The molecule has 20 heavy (non-hydrogen) atoms. The molecule has 0 bridgehead atoms. The van der Waals surface area contributed by atoms with Gasteiger partial charge in [0, 0.05) is 34.2 Å². The van der Waals surface area contributed by atoms with Crippen molar-refractivity contribution in [2.75, 3.05) is 0 Å². The predicted molar refractivity (Wildman–Crippen MR) is 82.7 cm³/mol. The minimum Gasteiger partial charge on any atom is -0.358 e. The number of nitrogens with zero attached hydrogens (tertiary/aromatic N) is 1. The zero-order chi connectivity index (χ0) is 13.8. The summed E-state index contributed by atoms with van der Waals surface area (Å²) in [5.74, 6) is 6.20. The van der Waals surface area contributed by atoms with Crippen molar-refractivity contribution in [3.63, 3.8) is 0 Å². The normalized spacial score (nSPS) is 10.2. The Morgan fingerprint density at radius 1 is 1.15 bits per heavy atom. The van der Waals surface area contributed by atoms with Crippen LogP contribution >= 0.6 is 11.6 Å². The number of rotatable bonds is 2. The molecule has 0 fully saturated rings. The molecule has 98 valence electrons. The third-order valence-electron chi connectivity index (χ3n) is 3.07. The van der Waals surface area contributed by atoms with Gasteiger partial charge in [-0.2, -0.15) is 0 Å². The van der Waals surface area contributed by atoms with Crippen LogP contribution in [0.1, 0.15) is 17.8 Å². The van der Waals surface area contributed by atoms with Gasteiger partial charge in [-0.15, -0.1) is 0 Å². The summed E-state index contributed by atoms with van der Waals surface area (Å²) in [5, 5.41) is 1.85. The molecule has 0 saturated heterocycles. The van der Waals surface area contributed by atoms with Gasteiger partial charge in [-0.1, -0.05) is 29.7 Å². The summed E-state index contributed by atoms with van der Waals surface area (Å²) in [6.07, 6.45) is 3.43. The third-order valence-corrected chi connectivity index (χ3v) is 3.40. The third kappa shape index (κ3) is 2.84. The molecule has 3 rings (SSSR count). The maximum absolute atomic E-state index is 6.16. The molecule has 1 aromatic carbocycles. The fourth-order valence-electron chi connectivity index (χ4n) is 2.10. The van der Waals surface area contributed by atoms with Crippen LogP contribution in [0.15, 0.2) is 48.7 Å². The van der Waals surface area contributed by atoms with Crippen molar-refractivity contribution < 1.29 is 0 Å². The second-order valence-electron chi connectivity index (χ2n) is 4.51. The van der Waals surface area contributed by atoms with Crippen molar-refractivity contribution in [1.82, 2.24) is 9.97 Å². The van der Waals surface area contributed by atoms with Gasteiger partial charge in [-0.05, 0) is 42.7 Å². The second kappa shape index (κ2) is 5.81. The van der Waals surface area contributed by atoms with Gasteiger partial charge >= 0.3 is 0 Å². The van der Waals surface area contributed by atoms with E-state index in [4.69, 9.17) is 11.6 Å². The zero-order valence-electron chi connectivity index (χ0n) is 10.9. The monoisotopic (exact) mass is 280 g/mol. The molecule has 0 aliphatic rings. The molecular formula is C17H13ClN2. The van der Waals surface area contributed by atoms with Gasteiger partial charge in [0.05, 0.1) is 0 Å². The molecule has 3 heteroatoms. The van der Waals surface area contributed by atoms with E-state index in [1.165, 1.54) is 0 Å². The number of benzene rings is 1. The molecule has 0 amide bonds. The topological polar surface area (TPSA) is 28.7 Å². The number of aromatic amines is 1. The van der Waals surface area contributed by atoms with E-state index in [-0.39, 0.29) is 0 Å². The second-order valence-corrected chi connectivity index (χ2v) is 4.92. The van der Waals surface area contributed by atoms with Crippen LogP contribution in [0, 0.1) is 11.8 Å². The first-order valence-electron chi connectivity index (χ1n) is 6.49. The lowest BCUT2D eigenvalue weighted by Gasteiger charge is -1.90. The summed E-state index contributed by atoms with van der Waals surface area (Å²) in [5.41, 5.74) is 3.04. The first-order chi connectivity index (χ1) is 9.83. The maximum Gasteiger partial charge on any atom is 0.113 e. The number of nitrogens with one attached hydrogen (secondary N) is 1. The molecule has 2 aromatic heterocycles. The lowest BCUT2D eigenvalue weighted by molar-refractivity contribution is 0.986. The highest BCUT2D eigenvalue weighted by Crippen LogP contribution is 2.24. The van der Waals surface area contributed by atoms with E-state index in [1.807, 2.05) is 36.4 Å². The minimum atomic E-state index is 0.782. The number of hydrogen-bond donors (Lipinski definition) is 1. The summed E-state index contributed by atoms with van der Waals surface area (Å²) < 4.78 is 0. The Kier molecular flexibility index (Phi) is 3.71. The SMILES string of the molecule is Clc1cccc2[nH]c(CCC#Cc3ccccn3)cc12. The smallest absolute Gasteiger partial charge is 0.113 e. The van der Waals surface area contributed by atoms with E-state index in [0.717, 1.165) is 40.2 Å². The van der Waals surface area contributed by atoms with Crippen LogP contribution < -0.4 is 0 Å². The molecule has 1 N–H and O–H groups in total. The van der Waals surface area contributed by atoms with Crippen molar-refractivity contribution >= 4 is 22.5 Å². The van der Waals surface area contributed by atoms with Crippen LogP contribution in [-0.4, -0.2) is 9.97 Å². The molecule has 3 aromatic rings. The molecule has 0 saturated carbocycles. The maximum atomic E-state index is 6.16. The Morgan fingerprint density at radius 2 is 2.10 bits per heavy atom. The Hall–Kier alpha value is -2.24. The molecule has 0 spiro atoms. The molecule has 2 nitrogen and oxygen atoms in total. The Labute approximate surface area is 122 Å². The molecule has 0 unspecified atom stereocenters. The van der Waals surface area contributed by atoms with Crippen LogP contribution in [0.25, 0.3) is 10.9 Å². The van der Waals surface area contributed by atoms with Crippen molar-refractivity contribution in [2.24, 2.45) is 0 Å². The highest BCUT2D eigenvalue weighted by Gasteiger charge is 2.02. The van der Waals surface area contributed by atoms with Crippen LogP contribution in [0.2, 0.25) is 5.02 Å². The largest absolute Gasteiger partial charge is 0.358 e. The Balaban J connectivity index is 1.69. The number of aryl methyl sites for hydroxylation is 1. The highest BCUT2D eigenvalue weighted by molar-refractivity contribution is 6.35. The van der Waals surface area contributed by atoms with E-state index in [2.05, 4.69) is 27.9 Å². The van der Waals surface area contributed by atoms with Crippen molar-refractivity contribution in [3.8, 4) is 11.8 Å². The lowest BCUT2D eigenvalue weighted by atomic mass is 10.2. The molecule has 0 radical (unpaired) electrons. The van der Waals surface area contributed by atoms with Gasteiger partial charge < -0.3 is 4.98 Å². The average molecular weight is 281 g/mol. The van der Waals surface area contributed by atoms with Gasteiger partial charge in [0.15, 0.2) is 0 Å². The number of aromatic nitrogens is 2. The van der Waals surface area contributed by atoms with Crippen LogP contribution in [0.4, 0.5) is 0 Å².